The minimum Gasteiger partial charge on any atom is -0.432 e. The molecule has 4 aliphatic heterocycles. The average molecular weight is 501 g/mol. The highest BCUT2D eigenvalue weighted by Gasteiger charge is 2.24. The van der Waals surface area contributed by atoms with Crippen molar-refractivity contribution in [1.29, 1.82) is 0 Å². The van der Waals surface area contributed by atoms with E-state index in [-0.39, 0.29) is 23.0 Å². The first-order chi connectivity index (χ1) is 17.9. The van der Waals surface area contributed by atoms with Crippen LogP contribution in [0.3, 0.4) is 0 Å². The predicted octanol–water partition coefficient (Wildman–Crippen LogP) is 5.51. The van der Waals surface area contributed by atoms with Crippen LogP contribution >= 0.6 is 0 Å². The number of aryl methyl sites for hydroxylation is 1. The first-order valence-electron chi connectivity index (χ1n) is 12.6. The van der Waals surface area contributed by atoms with Crippen molar-refractivity contribution in [2.45, 2.75) is 56.5 Å². The van der Waals surface area contributed by atoms with Gasteiger partial charge >= 0.3 is 11.9 Å². The van der Waals surface area contributed by atoms with Gasteiger partial charge in [-0.25, -0.2) is 9.59 Å². The Morgan fingerprint density at radius 2 is 1.24 bits per heavy atom. The molecule has 4 heterocycles. The Labute approximate surface area is 217 Å². The van der Waals surface area contributed by atoms with Crippen LogP contribution in [0.5, 0.6) is 0 Å². The van der Waals surface area contributed by atoms with Crippen molar-refractivity contribution in [3.63, 3.8) is 0 Å². The summed E-state index contributed by atoms with van der Waals surface area (Å²) in [4.78, 5) is 25.0. The molecule has 3 aromatic carbocycles. The molecule has 6 nitrogen and oxygen atoms in total. The molecule has 0 amide bonds. The molecule has 2 unspecified atom stereocenters. The number of ether oxygens (including phenoxy) is 2. The molecule has 4 bridgehead atoms. The first-order valence-corrected chi connectivity index (χ1v) is 12.6. The molecular formula is C31H32O6. The Bertz CT molecular complexity index is 1190. The van der Waals surface area contributed by atoms with Crippen LogP contribution in [0.2, 0.25) is 0 Å². The fourth-order valence-electron chi connectivity index (χ4n) is 4.75. The summed E-state index contributed by atoms with van der Waals surface area (Å²) in [6, 6.07) is 24.8. The maximum Gasteiger partial charge on any atom is 0.340 e. The Morgan fingerprint density at radius 3 is 1.76 bits per heavy atom. The van der Waals surface area contributed by atoms with E-state index in [2.05, 4.69) is 18.7 Å². The van der Waals surface area contributed by atoms with Gasteiger partial charge in [-0.05, 0) is 78.5 Å². The minimum absolute atomic E-state index is 0.174. The van der Waals surface area contributed by atoms with E-state index in [1.807, 2.05) is 48.5 Å². The van der Waals surface area contributed by atoms with E-state index in [0.29, 0.717) is 0 Å². The number of aliphatic hydroxyl groups excluding tert-OH is 2. The van der Waals surface area contributed by atoms with Crippen molar-refractivity contribution >= 4 is 11.9 Å². The van der Waals surface area contributed by atoms with Crippen molar-refractivity contribution in [2.24, 2.45) is 0 Å². The predicted molar refractivity (Wildman–Crippen MR) is 140 cm³/mol. The summed E-state index contributed by atoms with van der Waals surface area (Å²) in [7, 11) is 0. The first kappa shape index (κ1) is 26.3. The molecule has 0 saturated heterocycles. The molecule has 0 saturated carbocycles. The molecule has 37 heavy (non-hydrogen) atoms. The van der Waals surface area contributed by atoms with Crippen LogP contribution in [0.4, 0.5) is 0 Å². The van der Waals surface area contributed by atoms with Crippen LogP contribution in [-0.2, 0) is 15.9 Å². The summed E-state index contributed by atoms with van der Waals surface area (Å²) in [5.74, 6) is -1.07. The summed E-state index contributed by atoms with van der Waals surface area (Å²) in [5, 5.41) is 20.1. The van der Waals surface area contributed by atoms with E-state index < -0.39 is 30.9 Å². The van der Waals surface area contributed by atoms with E-state index in [9.17, 15) is 19.8 Å². The van der Waals surface area contributed by atoms with Gasteiger partial charge in [0.05, 0.1) is 17.5 Å². The molecule has 7 rings (SSSR count). The third-order valence-corrected chi connectivity index (χ3v) is 6.77. The zero-order valence-corrected chi connectivity index (χ0v) is 20.7. The van der Waals surface area contributed by atoms with Gasteiger partial charge in [0.1, 0.15) is 0 Å². The summed E-state index contributed by atoms with van der Waals surface area (Å²) in [5.41, 5.74) is 4.02. The van der Waals surface area contributed by atoms with Gasteiger partial charge in [0.25, 0.3) is 0 Å². The van der Waals surface area contributed by atoms with E-state index in [0.717, 1.165) is 36.8 Å². The van der Waals surface area contributed by atoms with Gasteiger partial charge in [0.15, 0.2) is 0 Å². The highest BCUT2D eigenvalue weighted by Crippen LogP contribution is 2.36. The Balaban J connectivity index is 1.68. The maximum absolute atomic E-state index is 12.5. The van der Waals surface area contributed by atoms with Crippen LogP contribution in [0.15, 0.2) is 91.5 Å². The number of allylic oxidation sites excluding steroid dienone is 1. The molecule has 0 fully saturated rings. The second-order valence-corrected chi connectivity index (χ2v) is 9.38. The third-order valence-electron chi connectivity index (χ3n) is 6.77. The van der Waals surface area contributed by atoms with Crippen molar-refractivity contribution in [3.05, 3.63) is 119 Å². The standard InChI is InChI=1S/C31H32O6/c1-2-6-26-19-27(10-9-21-7-4-3-5-8-21)23-13-17-25(18-14-23)31(35)37-29(33)20-28(32)36-30(34)24-15-11-22(26)12-16-24/h2-5,7-8,11-18,26-29,32-33H,1,6,9-10,19-20H2/t26?,27?,28-,29-/m0/s1. The van der Waals surface area contributed by atoms with E-state index in [1.165, 1.54) is 5.56 Å². The van der Waals surface area contributed by atoms with Crippen LogP contribution in [0.1, 0.15) is 74.9 Å². The Kier molecular flexibility index (Phi) is 8.88. The number of hydrogen-bond donors (Lipinski definition) is 2. The van der Waals surface area contributed by atoms with Gasteiger partial charge < -0.3 is 19.7 Å². The molecule has 192 valence electrons. The number of carbonyl (C=O) groups excluding carboxylic acids is 2. The van der Waals surface area contributed by atoms with Crippen molar-refractivity contribution in [2.75, 3.05) is 0 Å². The lowest BCUT2D eigenvalue weighted by Crippen LogP contribution is -2.27. The molecule has 0 radical (unpaired) electrons. The van der Waals surface area contributed by atoms with Gasteiger partial charge in [-0.3, -0.25) is 0 Å². The quantitative estimate of drug-likeness (QED) is 0.355. The Hall–Kier alpha value is -3.74. The summed E-state index contributed by atoms with van der Waals surface area (Å²) in [6.07, 6.45) is 1.64. The van der Waals surface area contributed by atoms with Crippen molar-refractivity contribution in [3.8, 4) is 0 Å². The van der Waals surface area contributed by atoms with Gasteiger partial charge in [-0.15, -0.1) is 6.58 Å². The molecule has 0 aliphatic carbocycles. The smallest absolute Gasteiger partial charge is 0.340 e. The van der Waals surface area contributed by atoms with Crippen LogP contribution in [-0.4, -0.2) is 34.7 Å². The number of aliphatic hydroxyl groups is 2. The van der Waals surface area contributed by atoms with Crippen molar-refractivity contribution in [1.82, 2.24) is 0 Å². The van der Waals surface area contributed by atoms with Gasteiger partial charge in [-0.2, -0.15) is 0 Å². The van der Waals surface area contributed by atoms with Crippen LogP contribution < -0.4 is 0 Å². The van der Waals surface area contributed by atoms with Crippen LogP contribution in [0, 0.1) is 0 Å². The minimum atomic E-state index is -1.63. The average Bonchev–Trinajstić information content (AvgIpc) is 2.90. The summed E-state index contributed by atoms with van der Waals surface area (Å²) in [6.45, 7) is 3.96. The lowest BCUT2D eigenvalue weighted by molar-refractivity contribution is -0.136. The monoisotopic (exact) mass is 500 g/mol. The number of carbonyl (C=O) groups is 2. The Morgan fingerprint density at radius 1 is 0.730 bits per heavy atom. The highest BCUT2D eigenvalue weighted by atomic mass is 16.7. The lowest BCUT2D eigenvalue weighted by Gasteiger charge is -2.25. The number of hydrogen-bond acceptors (Lipinski definition) is 6. The molecule has 2 N–H and O–H groups in total. The molecule has 6 heteroatoms. The molecule has 3 aromatic rings. The zero-order valence-electron chi connectivity index (χ0n) is 20.7. The second-order valence-electron chi connectivity index (χ2n) is 9.38. The molecule has 4 atom stereocenters. The summed E-state index contributed by atoms with van der Waals surface area (Å²) < 4.78 is 10.1. The fourth-order valence-corrected chi connectivity index (χ4v) is 4.75. The largest absolute Gasteiger partial charge is 0.432 e. The molecular weight excluding hydrogens is 468 g/mol. The van der Waals surface area contributed by atoms with Gasteiger partial charge in [-0.1, -0.05) is 60.7 Å². The highest BCUT2D eigenvalue weighted by molar-refractivity contribution is 5.90. The lowest BCUT2D eigenvalue weighted by atomic mass is 9.80. The van der Waals surface area contributed by atoms with Crippen molar-refractivity contribution < 1.29 is 29.3 Å². The van der Waals surface area contributed by atoms with E-state index in [1.54, 1.807) is 24.3 Å². The normalized spacial score (nSPS) is 22.5. The van der Waals surface area contributed by atoms with Gasteiger partial charge in [0.2, 0.25) is 12.6 Å². The topological polar surface area (TPSA) is 93.1 Å². The number of esters is 2. The zero-order chi connectivity index (χ0) is 26.2. The number of rotatable bonds is 5. The summed E-state index contributed by atoms with van der Waals surface area (Å²) >= 11 is 0. The number of benzene rings is 3. The van der Waals surface area contributed by atoms with Gasteiger partial charge in [0, 0.05) is 0 Å². The molecule has 0 aromatic heterocycles. The maximum atomic E-state index is 12.5. The molecule has 4 aliphatic rings. The van der Waals surface area contributed by atoms with Crippen LogP contribution in [0.25, 0.3) is 0 Å². The SMILES string of the molecule is C=CCC1CC(CCc2ccccc2)c2ccc(cc2)C(=O)O[C@H](O)C[C@@H](O)OC(=O)c2ccc1cc2. The fraction of sp³-hybridized carbons (Fsp3) is 0.290. The third kappa shape index (κ3) is 7.15. The second kappa shape index (κ2) is 12.5. The van der Waals surface area contributed by atoms with E-state index >= 15 is 0 Å². The molecule has 0 spiro atoms. The van der Waals surface area contributed by atoms with E-state index in [4.69, 9.17) is 9.47 Å².